The molecule has 2 N–H and O–H groups in total. The summed E-state index contributed by atoms with van der Waals surface area (Å²) in [5.74, 6) is 0.803. The van der Waals surface area contributed by atoms with Gasteiger partial charge in [0.1, 0.15) is 0 Å². The molecule has 3 rings (SSSR count). The van der Waals surface area contributed by atoms with Crippen molar-refractivity contribution >= 4 is 41.3 Å². The van der Waals surface area contributed by atoms with Crippen molar-refractivity contribution in [2.75, 3.05) is 13.6 Å². The van der Waals surface area contributed by atoms with Crippen LogP contribution in [0.1, 0.15) is 21.8 Å². The first-order valence-corrected chi connectivity index (χ1v) is 9.50. The number of hydrogen-bond donors (Lipinski definition) is 2. The van der Waals surface area contributed by atoms with Crippen LogP contribution in [-0.4, -0.2) is 34.1 Å². The number of thiazole rings is 1. The van der Waals surface area contributed by atoms with E-state index in [0.717, 1.165) is 42.7 Å². The van der Waals surface area contributed by atoms with Gasteiger partial charge in [0.15, 0.2) is 5.96 Å². The molecule has 3 aromatic rings. The Bertz CT molecular complexity index is 844. The molecule has 0 saturated carbocycles. The summed E-state index contributed by atoms with van der Waals surface area (Å²) < 4.78 is 2.06. The minimum absolute atomic E-state index is 0. The maximum atomic E-state index is 4.48. The molecule has 0 radical (unpaired) electrons. The first-order chi connectivity index (χ1) is 12.7. The first-order valence-electron chi connectivity index (χ1n) is 8.62. The van der Waals surface area contributed by atoms with Gasteiger partial charge < -0.3 is 15.2 Å². The van der Waals surface area contributed by atoms with Crippen LogP contribution in [0.4, 0.5) is 0 Å². The standard InChI is InChI=1S/C19H24N6S.HI/c1-15-24-18(13-26-15)6-7-22-19(20-2)23-11-16-4-3-5-17(10-16)12-25-9-8-21-14-25;/h3-5,8-10,13-14H,6-7,11-12H2,1-2H3,(H2,20,22,23);1H. The van der Waals surface area contributed by atoms with Crippen molar-refractivity contribution in [2.24, 2.45) is 4.99 Å². The highest BCUT2D eigenvalue weighted by Gasteiger charge is 2.02. The van der Waals surface area contributed by atoms with E-state index in [0.29, 0.717) is 0 Å². The summed E-state index contributed by atoms with van der Waals surface area (Å²) in [5.41, 5.74) is 3.60. The first kappa shape index (κ1) is 21.4. The number of hydrogen-bond acceptors (Lipinski definition) is 4. The molecule has 0 unspecified atom stereocenters. The maximum absolute atomic E-state index is 4.48. The summed E-state index contributed by atoms with van der Waals surface area (Å²) in [7, 11) is 1.79. The molecular formula is C19H25IN6S. The molecule has 6 nitrogen and oxygen atoms in total. The van der Waals surface area contributed by atoms with E-state index in [1.165, 1.54) is 11.1 Å². The van der Waals surface area contributed by atoms with Gasteiger partial charge in [-0.3, -0.25) is 4.99 Å². The number of aryl methyl sites for hydroxylation is 1. The molecule has 0 bridgehead atoms. The number of halogens is 1. The van der Waals surface area contributed by atoms with Crippen LogP contribution >= 0.6 is 35.3 Å². The summed E-state index contributed by atoms with van der Waals surface area (Å²) in [6.45, 7) is 4.40. The highest BCUT2D eigenvalue weighted by atomic mass is 127. The molecule has 1 aromatic carbocycles. The van der Waals surface area contributed by atoms with E-state index >= 15 is 0 Å². The largest absolute Gasteiger partial charge is 0.356 e. The minimum Gasteiger partial charge on any atom is -0.356 e. The molecule has 0 saturated heterocycles. The van der Waals surface area contributed by atoms with E-state index in [4.69, 9.17) is 0 Å². The van der Waals surface area contributed by atoms with E-state index in [1.54, 1.807) is 24.6 Å². The summed E-state index contributed by atoms with van der Waals surface area (Å²) in [6, 6.07) is 8.55. The zero-order chi connectivity index (χ0) is 18.2. The molecule has 2 heterocycles. The third-order valence-corrected chi connectivity index (χ3v) is 4.76. The Hall–Kier alpha value is -1.94. The molecule has 27 heavy (non-hydrogen) atoms. The fraction of sp³-hybridized carbons (Fsp3) is 0.316. The van der Waals surface area contributed by atoms with Gasteiger partial charge in [-0.05, 0) is 18.1 Å². The molecule has 2 aromatic heterocycles. The molecular weight excluding hydrogens is 471 g/mol. The molecule has 0 aliphatic heterocycles. The summed E-state index contributed by atoms with van der Waals surface area (Å²) in [5, 5.41) is 9.92. The Morgan fingerprint density at radius 2 is 2.11 bits per heavy atom. The predicted molar refractivity (Wildman–Crippen MR) is 122 cm³/mol. The second kappa shape index (κ2) is 11.0. The number of aromatic nitrogens is 3. The van der Waals surface area contributed by atoms with Gasteiger partial charge in [0.05, 0.1) is 17.0 Å². The Kier molecular flexibility index (Phi) is 8.73. The van der Waals surface area contributed by atoms with E-state index in [1.807, 2.05) is 19.4 Å². The van der Waals surface area contributed by atoms with Crippen LogP contribution in [0, 0.1) is 6.92 Å². The van der Waals surface area contributed by atoms with Crippen molar-refractivity contribution in [1.29, 1.82) is 0 Å². The average Bonchev–Trinajstić information content (AvgIpc) is 3.30. The Balaban J connectivity index is 0.00000261. The van der Waals surface area contributed by atoms with Gasteiger partial charge in [-0.1, -0.05) is 24.3 Å². The smallest absolute Gasteiger partial charge is 0.191 e. The Morgan fingerprint density at radius 3 is 2.81 bits per heavy atom. The van der Waals surface area contributed by atoms with Gasteiger partial charge in [0, 0.05) is 50.9 Å². The van der Waals surface area contributed by atoms with Crippen LogP contribution in [0.15, 0.2) is 53.4 Å². The van der Waals surface area contributed by atoms with Gasteiger partial charge in [0.25, 0.3) is 0 Å². The van der Waals surface area contributed by atoms with Gasteiger partial charge >= 0.3 is 0 Å². The van der Waals surface area contributed by atoms with Gasteiger partial charge in [-0.2, -0.15) is 0 Å². The fourth-order valence-corrected chi connectivity index (χ4v) is 3.31. The van der Waals surface area contributed by atoms with Crippen LogP contribution in [0.5, 0.6) is 0 Å². The van der Waals surface area contributed by atoms with E-state index in [9.17, 15) is 0 Å². The molecule has 0 amide bonds. The van der Waals surface area contributed by atoms with Crippen LogP contribution in [0.3, 0.4) is 0 Å². The zero-order valence-electron chi connectivity index (χ0n) is 15.6. The molecule has 0 spiro atoms. The van der Waals surface area contributed by atoms with Crippen LogP contribution in [-0.2, 0) is 19.5 Å². The van der Waals surface area contributed by atoms with Crippen molar-refractivity contribution < 1.29 is 0 Å². The summed E-state index contributed by atoms with van der Waals surface area (Å²) in [6.07, 6.45) is 6.50. The number of aliphatic imine (C=N–C) groups is 1. The quantitative estimate of drug-likeness (QED) is 0.300. The molecule has 8 heteroatoms. The molecule has 0 aliphatic carbocycles. The van der Waals surface area contributed by atoms with Crippen molar-refractivity contribution in [3.63, 3.8) is 0 Å². The van der Waals surface area contributed by atoms with E-state index in [-0.39, 0.29) is 24.0 Å². The van der Waals surface area contributed by atoms with Gasteiger partial charge in [-0.15, -0.1) is 35.3 Å². The number of imidazole rings is 1. The number of nitrogens with one attached hydrogen (secondary N) is 2. The van der Waals surface area contributed by atoms with Crippen molar-refractivity contribution in [3.8, 4) is 0 Å². The predicted octanol–water partition coefficient (Wildman–Crippen LogP) is 3.22. The lowest BCUT2D eigenvalue weighted by atomic mass is 10.1. The fourth-order valence-electron chi connectivity index (χ4n) is 2.67. The zero-order valence-corrected chi connectivity index (χ0v) is 18.7. The Labute approximate surface area is 181 Å². The molecule has 0 aliphatic rings. The SMILES string of the molecule is CN=C(NCCc1csc(C)n1)NCc1cccc(Cn2ccnc2)c1.I. The summed E-state index contributed by atoms with van der Waals surface area (Å²) >= 11 is 1.69. The highest BCUT2D eigenvalue weighted by Crippen LogP contribution is 2.08. The maximum Gasteiger partial charge on any atom is 0.191 e. The monoisotopic (exact) mass is 496 g/mol. The van der Waals surface area contributed by atoms with Gasteiger partial charge in [0.2, 0.25) is 0 Å². The molecule has 144 valence electrons. The Morgan fingerprint density at radius 1 is 1.26 bits per heavy atom. The lowest BCUT2D eigenvalue weighted by Gasteiger charge is -2.12. The second-order valence-electron chi connectivity index (χ2n) is 6.02. The molecule has 0 fully saturated rings. The molecule has 0 atom stereocenters. The third kappa shape index (κ3) is 6.94. The second-order valence-corrected chi connectivity index (χ2v) is 7.08. The van der Waals surface area contributed by atoms with Crippen molar-refractivity contribution in [1.82, 2.24) is 25.2 Å². The lowest BCUT2D eigenvalue weighted by Crippen LogP contribution is -2.37. The van der Waals surface area contributed by atoms with Crippen LogP contribution < -0.4 is 10.6 Å². The highest BCUT2D eigenvalue weighted by molar-refractivity contribution is 14.0. The number of rotatable bonds is 7. The topological polar surface area (TPSA) is 67.1 Å². The van der Waals surface area contributed by atoms with E-state index in [2.05, 4.69) is 59.8 Å². The van der Waals surface area contributed by atoms with Gasteiger partial charge in [-0.25, -0.2) is 9.97 Å². The van der Waals surface area contributed by atoms with Crippen LogP contribution in [0.2, 0.25) is 0 Å². The van der Waals surface area contributed by atoms with Crippen LogP contribution in [0.25, 0.3) is 0 Å². The summed E-state index contributed by atoms with van der Waals surface area (Å²) in [4.78, 5) is 12.9. The lowest BCUT2D eigenvalue weighted by molar-refractivity contribution is 0.778. The number of nitrogens with zero attached hydrogens (tertiary/aromatic N) is 4. The number of benzene rings is 1. The minimum atomic E-state index is 0. The normalized spacial score (nSPS) is 11.1. The third-order valence-electron chi connectivity index (χ3n) is 3.94. The van der Waals surface area contributed by atoms with E-state index < -0.39 is 0 Å². The van der Waals surface area contributed by atoms with Crippen molar-refractivity contribution in [2.45, 2.75) is 26.4 Å². The van der Waals surface area contributed by atoms with Crippen molar-refractivity contribution in [3.05, 3.63) is 70.2 Å². The average molecular weight is 496 g/mol. The number of guanidine groups is 1.